The Morgan fingerprint density at radius 2 is 2.40 bits per heavy atom. The molecule has 4 nitrogen and oxygen atoms in total. The van der Waals surface area contributed by atoms with E-state index in [1.165, 1.54) is 0 Å². The maximum Gasteiger partial charge on any atom is 0.312 e. The first kappa shape index (κ1) is 7.34. The Morgan fingerprint density at radius 3 is 2.80 bits per heavy atom. The summed E-state index contributed by atoms with van der Waals surface area (Å²) >= 11 is 0. The lowest BCUT2D eigenvalue weighted by Crippen LogP contribution is -2.31. The van der Waals surface area contributed by atoms with Crippen LogP contribution in [0.1, 0.15) is 7.79 Å². The number of nitrogens with two attached hydrogens (primary N) is 1. The maximum absolute atomic E-state index is 10.2. The molecular weight excluding hydrogens is 130 g/mol. The molecule has 0 radical (unpaired) electrons. The molecule has 0 aromatic carbocycles. The molecular formula is C6H15N3O. The number of urea groups is 1. The summed E-state index contributed by atoms with van der Waals surface area (Å²) in [5, 5.41) is 2.42. The number of rotatable bonds is 4. The summed E-state index contributed by atoms with van der Waals surface area (Å²) in [4.78, 5) is 12.0. The molecule has 10 heavy (non-hydrogen) atoms. The van der Waals surface area contributed by atoms with Crippen LogP contribution in [-0.2, 0) is 0 Å². The van der Waals surface area contributed by atoms with Gasteiger partial charge in [-0.25, -0.2) is 4.79 Å². The van der Waals surface area contributed by atoms with E-state index in [1.54, 1.807) is 4.90 Å². The van der Waals surface area contributed by atoms with Crippen LogP contribution in [0.3, 0.4) is 0 Å². The molecule has 3 N–H and O–H groups in total. The van der Waals surface area contributed by atoms with Crippen molar-refractivity contribution < 1.29 is 6.17 Å². The number of carbonyl (C=O) groups is 1. The lowest BCUT2D eigenvalue weighted by molar-refractivity contribution is 0.248. The minimum absolute atomic E-state index is 0.276. The van der Waals surface area contributed by atoms with E-state index >= 15 is 0 Å². The number of primary amides is 1. The predicted molar refractivity (Wildman–Crippen MR) is 40.8 cm³/mol. The zero-order chi connectivity index (χ0) is 8.85. The molecule has 2 amide bonds. The zero-order valence-corrected chi connectivity index (χ0v) is 6.42. The Labute approximate surface area is 62.8 Å². The third-order valence-electron chi connectivity index (χ3n) is 0.938. The molecule has 0 fully saturated rings. The lowest BCUT2D eigenvalue weighted by Gasteiger charge is -2.08. The van der Waals surface area contributed by atoms with Gasteiger partial charge in [0.25, 0.3) is 0 Å². The predicted octanol–water partition coefficient (Wildman–Crippen LogP) is -0.394. The fourth-order valence-electron chi connectivity index (χ4n) is 0.518. The fourth-order valence-corrected chi connectivity index (χ4v) is 0.518. The van der Waals surface area contributed by atoms with E-state index in [1.807, 2.05) is 14.1 Å². The van der Waals surface area contributed by atoms with Crippen molar-refractivity contribution in [1.29, 1.82) is 0 Å². The van der Waals surface area contributed by atoms with Crippen molar-refractivity contribution in [2.45, 2.75) is 6.42 Å². The van der Waals surface area contributed by atoms with Crippen molar-refractivity contribution in [3.05, 3.63) is 0 Å². The smallest absolute Gasteiger partial charge is 0.312 e. The van der Waals surface area contributed by atoms with Crippen LogP contribution in [0.5, 0.6) is 0 Å². The van der Waals surface area contributed by atoms with E-state index in [0.29, 0.717) is 13.0 Å². The lowest BCUT2D eigenvalue weighted by atomic mass is 10.4. The summed E-state index contributed by atoms with van der Waals surface area (Å²) in [6, 6.07) is -0.532. The molecule has 0 saturated heterocycles. The number of nitrogens with one attached hydrogen (secondary N) is 1. The van der Waals surface area contributed by atoms with Gasteiger partial charge in [0, 0.05) is 7.92 Å². The van der Waals surface area contributed by atoms with Crippen LogP contribution in [0.4, 0.5) is 4.79 Å². The molecule has 0 aliphatic heterocycles. The van der Waals surface area contributed by atoms with Gasteiger partial charge < -0.3 is 16.0 Å². The highest BCUT2D eigenvalue weighted by Crippen LogP contribution is 1.79. The second kappa shape index (κ2) is 5.05. The van der Waals surface area contributed by atoms with Gasteiger partial charge in [-0.1, -0.05) is 0 Å². The van der Waals surface area contributed by atoms with Crippen molar-refractivity contribution in [3.63, 3.8) is 0 Å². The van der Waals surface area contributed by atoms with Crippen LogP contribution in [-0.4, -0.2) is 38.1 Å². The van der Waals surface area contributed by atoms with Gasteiger partial charge in [-0.2, -0.15) is 0 Å². The van der Waals surface area contributed by atoms with E-state index in [9.17, 15) is 4.79 Å². The van der Waals surface area contributed by atoms with Crippen molar-refractivity contribution >= 4 is 6.03 Å². The van der Waals surface area contributed by atoms with E-state index in [-0.39, 0.29) is 6.52 Å². The summed E-state index contributed by atoms with van der Waals surface area (Å²) in [5.41, 5.74) is 4.83. The molecule has 1 atom stereocenters. The van der Waals surface area contributed by atoms with Crippen LogP contribution in [0, 0.1) is 0 Å². The summed E-state index contributed by atoms with van der Waals surface area (Å²) in [6.45, 7) is 0.184. The average Bonchev–Trinajstić information content (AvgIpc) is 1.86. The molecule has 4 heteroatoms. The first-order valence-electron chi connectivity index (χ1n) is 3.73. The molecule has 0 aromatic heterocycles. The molecule has 60 valence electrons. The van der Waals surface area contributed by atoms with E-state index in [4.69, 9.17) is 7.10 Å². The Hall–Kier alpha value is -0.770. The van der Waals surface area contributed by atoms with Gasteiger partial charge in [0.15, 0.2) is 0 Å². The number of carbonyl (C=O) groups excluding carboxylic acids is 1. The third kappa shape index (κ3) is 7.23. The van der Waals surface area contributed by atoms with Gasteiger partial charge in [-0.3, -0.25) is 0 Å². The number of hydrogen-bond acceptors (Lipinski definition) is 2. The maximum atomic E-state index is 10.2. The normalized spacial score (nSPS) is 14.5. The van der Waals surface area contributed by atoms with Crippen LogP contribution >= 0.6 is 0 Å². The summed E-state index contributed by atoms with van der Waals surface area (Å²) in [7, 11) is 3.64. The van der Waals surface area contributed by atoms with Crippen LogP contribution in [0.2, 0.25) is 0 Å². The average molecular weight is 146 g/mol. The third-order valence-corrected chi connectivity index (χ3v) is 0.938. The molecule has 0 heterocycles. The molecule has 0 saturated carbocycles. The highest BCUT2D eigenvalue weighted by atomic mass is 16.2. The van der Waals surface area contributed by atoms with Crippen molar-refractivity contribution in [3.8, 4) is 0 Å². The second-order valence-electron chi connectivity index (χ2n) is 2.23. The molecule has 0 spiro atoms. The summed E-state index contributed by atoms with van der Waals surface area (Å²) in [5.74, 6) is 0. The zero-order valence-electron chi connectivity index (χ0n) is 7.42. The topological polar surface area (TPSA) is 58.4 Å². The monoisotopic (exact) mass is 146 g/mol. The molecule has 0 rings (SSSR count). The number of amides is 2. The Balaban J connectivity index is 3.31. The standard InChI is InChI=1S/C6H15N3O/c1-9(2)5-3-4-8-6(7)10/h3-5H2,1-2H3,(H3,7,8,10)/i5D. The van der Waals surface area contributed by atoms with Crippen LogP contribution < -0.4 is 11.1 Å². The van der Waals surface area contributed by atoms with Crippen molar-refractivity contribution in [2.24, 2.45) is 5.73 Å². The van der Waals surface area contributed by atoms with Gasteiger partial charge in [0.2, 0.25) is 0 Å². The van der Waals surface area contributed by atoms with E-state index < -0.39 is 6.03 Å². The highest BCUT2D eigenvalue weighted by molar-refractivity contribution is 5.71. The minimum atomic E-state index is -0.532. The molecule has 1 unspecified atom stereocenters. The fraction of sp³-hybridized carbons (Fsp3) is 0.833. The highest BCUT2D eigenvalue weighted by Gasteiger charge is 1.91. The number of hydrogen-bond donors (Lipinski definition) is 2. The quantitative estimate of drug-likeness (QED) is 0.567. The second-order valence-corrected chi connectivity index (χ2v) is 2.23. The first-order valence-corrected chi connectivity index (χ1v) is 3.16. The summed E-state index contributed by atoms with van der Waals surface area (Å²) < 4.78 is 7.40. The minimum Gasteiger partial charge on any atom is -0.352 e. The van der Waals surface area contributed by atoms with Gasteiger partial charge in [-0.05, 0) is 27.0 Å². The largest absolute Gasteiger partial charge is 0.352 e. The van der Waals surface area contributed by atoms with Gasteiger partial charge >= 0.3 is 6.03 Å². The van der Waals surface area contributed by atoms with Crippen LogP contribution in [0.15, 0.2) is 0 Å². The Morgan fingerprint density at radius 1 is 1.80 bits per heavy atom. The first-order chi connectivity index (χ1) is 5.04. The van der Waals surface area contributed by atoms with E-state index in [2.05, 4.69) is 5.32 Å². The molecule has 0 aliphatic carbocycles. The SMILES string of the molecule is [2H]C(CCNC(N)=O)N(C)C. The summed E-state index contributed by atoms with van der Waals surface area (Å²) in [6.07, 6.45) is 0.593. The van der Waals surface area contributed by atoms with Gasteiger partial charge in [0.05, 0.1) is 0 Å². The molecule has 0 bridgehead atoms. The van der Waals surface area contributed by atoms with Gasteiger partial charge in [-0.15, -0.1) is 0 Å². The van der Waals surface area contributed by atoms with E-state index in [0.717, 1.165) is 0 Å². The van der Waals surface area contributed by atoms with Crippen molar-refractivity contribution in [1.82, 2.24) is 10.2 Å². The van der Waals surface area contributed by atoms with Gasteiger partial charge in [0.1, 0.15) is 0 Å². The Bertz CT molecular complexity index is 129. The molecule has 0 aromatic rings. The van der Waals surface area contributed by atoms with Crippen molar-refractivity contribution in [2.75, 3.05) is 27.2 Å². The Kier molecular flexibility index (Phi) is 3.71. The van der Waals surface area contributed by atoms with Crippen LogP contribution in [0.25, 0.3) is 0 Å². The number of nitrogens with zero attached hydrogens (tertiary/aromatic N) is 1. The molecule has 0 aliphatic rings.